The van der Waals surface area contributed by atoms with E-state index in [0.717, 1.165) is 23.1 Å². The summed E-state index contributed by atoms with van der Waals surface area (Å²) >= 11 is 0. The monoisotopic (exact) mass is 465 g/mol. The molecule has 2 heterocycles. The number of non-ortho nitro benzene ring substituents is 1. The summed E-state index contributed by atoms with van der Waals surface area (Å²) in [5.74, 6) is -0.172. The molecule has 0 bridgehead atoms. The van der Waals surface area contributed by atoms with E-state index in [2.05, 4.69) is 17.0 Å². The van der Waals surface area contributed by atoms with Gasteiger partial charge in [0.2, 0.25) is 0 Å². The second kappa shape index (κ2) is 9.48. The van der Waals surface area contributed by atoms with E-state index in [1.54, 1.807) is 6.20 Å². The Hall–Kier alpha value is -4.36. The number of para-hydroxylation sites is 1. The molecule has 1 saturated heterocycles. The van der Waals surface area contributed by atoms with Crippen molar-refractivity contribution in [3.8, 4) is 0 Å². The van der Waals surface area contributed by atoms with Gasteiger partial charge in [-0.1, -0.05) is 48.5 Å². The lowest BCUT2D eigenvalue weighted by molar-refractivity contribution is -0.384. The Morgan fingerprint density at radius 3 is 2.43 bits per heavy atom. The van der Waals surface area contributed by atoms with E-state index < -0.39 is 4.92 Å². The number of likely N-dealkylation sites (tertiary alicyclic amines) is 1. The third-order valence-corrected chi connectivity index (χ3v) is 6.27. The Balaban J connectivity index is 1.47. The van der Waals surface area contributed by atoms with Crippen molar-refractivity contribution in [2.45, 2.75) is 13.0 Å². The van der Waals surface area contributed by atoms with Crippen molar-refractivity contribution >= 4 is 34.4 Å². The summed E-state index contributed by atoms with van der Waals surface area (Å²) in [6, 6.07) is 23.3. The molecule has 1 aliphatic rings. The summed E-state index contributed by atoms with van der Waals surface area (Å²) in [5, 5.41) is 11.8. The van der Waals surface area contributed by atoms with Gasteiger partial charge in [-0.15, -0.1) is 0 Å². The molecule has 0 atom stereocenters. The van der Waals surface area contributed by atoms with Crippen LogP contribution in [0.5, 0.6) is 0 Å². The van der Waals surface area contributed by atoms with Crippen molar-refractivity contribution in [3.05, 3.63) is 117 Å². The van der Waals surface area contributed by atoms with Crippen LogP contribution in [-0.2, 0) is 11.3 Å². The summed E-state index contributed by atoms with van der Waals surface area (Å²) in [6.07, 6.45) is 4.09. The number of piperidine rings is 1. The molecular formula is C28H23N3O4. The minimum Gasteiger partial charge on any atom is -0.294 e. The Morgan fingerprint density at radius 2 is 1.69 bits per heavy atom. The van der Waals surface area contributed by atoms with Crippen LogP contribution in [0.1, 0.15) is 27.9 Å². The molecule has 174 valence electrons. The number of aromatic nitrogens is 1. The van der Waals surface area contributed by atoms with E-state index in [9.17, 15) is 19.7 Å². The number of hydrogen-bond acceptors (Lipinski definition) is 5. The Kier molecular flexibility index (Phi) is 6.08. The fraction of sp³-hybridized carbons (Fsp3) is 0.143. The van der Waals surface area contributed by atoms with Crippen molar-refractivity contribution in [1.29, 1.82) is 0 Å². The predicted molar refractivity (Wildman–Crippen MR) is 134 cm³/mol. The van der Waals surface area contributed by atoms with E-state index in [1.165, 1.54) is 34.4 Å². The molecule has 0 spiro atoms. The van der Waals surface area contributed by atoms with Crippen LogP contribution < -0.4 is 0 Å². The molecule has 1 aliphatic heterocycles. The third kappa shape index (κ3) is 4.67. The van der Waals surface area contributed by atoms with Gasteiger partial charge < -0.3 is 0 Å². The largest absolute Gasteiger partial charge is 0.294 e. The van der Waals surface area contributed by atoms with Crippen LogP contribution in [0, 0.1) is 10.1 Å². The second-order valence-corrected chi connectivity index (χ2v) is 8.62. The lowest BCUT2D eigenvalue weighted by Gasteiger charge is -2.27. The second-order valence-electron chi connectivity index (χ2n) is 8.62. The van der Waals surface area contributed by atoms with Gasteiger partial charge >= 0.3 is 0 Å². The van der Waals surface area contributed by atoms with Gasteiger partial charge in [-0.05, 0) is 29.8 Å². The minimum absolute atomic E-state index is 0.0693. The van der Waals surface area contributed by atoms with Crippen LogP contribution in [0.15, 0.2) is 90.6 Å². The number of nitro groups is 1. The maximum absolute atomic E-state index is 13.3. The van der Waals surface area contributed by atoms with Crippen LogP contribution in [-0.4, -0.2) is 39.2 Å². The zero-order valence-corrected chi connectivity index (χ0v) is 19.0. The lowest BCUT2D eigenvalue weighted by Crippen LogP contribution is -2.35. The number of carbonyl (C=O) groups excluding carboxylic acids is 2. The number of carbonyl (C=O) groups is 2. The summed E-state index contributed by atoms with van der Waals surface area (Å²) in [5.41, 5.74) is 3.70. The van der Waals surface area contributed by atoms with Crippen molar-refractivity contribution in [2.75, 3.05) is 13.1 Å². The summed E-state index contributed by atoms with van der Waals surface area (Å²) in [6.45, 7) is 2.03. The van der Waals surface area contributed by atoms with Gasteiger partial charge in [0, 0.05) is 66.5 Å². The molecule has 1 aromatic heterocycles. The number of benzene rings is 3. The Labute approximate surface area is 202 Å². The van der Waals surface area contributed by atoms with Gasteiger partial charge in [0.1, 0.15) is 0 Å². The molecule has 0 amide bonds. The third-order valence-electron chi connectivity index (χ3n) is 6.27. The number of Topliss-reactive ketones (excluding diaryl/α,β-unsaturated/α-hetero) is 1. The van der Waals surface area contributed by atoms with Crippen molar-refractivity contribution < 1.29 is 14.5 Å². The first-order chi connectivity index (χ1) is 17.0. The highest BCUT2D eigenvalue weighted by molar-refractivity contribution is 6.07. The summed E-state index contributed by atoms with van der Waals surface area (Å²) in [7, 11) is 0. The quantitative estimate of drug-likeness (QED) is 0.233. The predicted octanol–water partition coefficient (Wildman–Crippen LogP) is 5.10. The molecule has 0 saturated carbocycles. The molecule has 5 rings (SSSR count). The van der Waals surface area contributed by atoms with Crippen LogP contribution in [0.2, 0.25) is 0 Å². The normalized spacial score (nSPS) is 15.5. The van der Waals surface area contributed by atoms with Crippen molar-refractivity contribution in [2.24, 2.45) is 0 Å². The molecule has 0 aliphatic carbocycles. The number of ketones is 1. The first-order valence-corrected chi connectivity index (χ1v) is 11.4. The van der Waals surface area contributed by atoms with Gasteiger partial charge in [0.25, 0.3) is 11.6 Å². The molecule has 7 nitrogen and oxygen atoms in total. The molecule has 0 radical (unpaired) electrons. The molecule has 1 fully saturated rings. The standard InChI is InChI=1S/C28H23N3O4/c32-27-14-15-29(17-20-6-2-1-3-7-20)18-23(27)16-22-19-30(26-9-5-4-8-25(22)26)28(33)21-10-12-24(13-11-21)31(34)35/h1-13,16,19H,14-15,17-18H2/b23-16+. The first kappa shape index (κ1) is 22.4. The average Bonchev–Trinajstić information content (AvgIpc) is 3.24. The smallest absolute Gasteiger partial charge is 0.269 e. The van der Waals surface area contributed by atoms with Gasteiger partial charge in [-0.3, -0.25) is 29.2 Å². The number of fused-ring (bicyclic) bond motifs is 1. The zero-order valence-electron chi connectivity index (χ0n) is 19.0. The van der Waals surface area contributed by atoms with Gasteiger partial charge in [0.05, 0.1) is 10.4 Å². The van der Waals surface area contributed by atoms with E-state index in [4.69, 9.17) is 0 Å². The summed E-state index contributed by atoms with van der Waals surface area (Å²) < 4.78 is 1.54. The highest BCUT2D eigenvalue weighted by atomic mass is 16.6. The van der Waals surface area contributed by atoms with E-state index >= 15 is 0 Å². The first-order valence-electron chi connectivity index (χ1n) is 11.4. The van der Waals surface area contributed by atoms with Gasteiger partial charge in [-0.2, -0.15) is 0 Å². The highest BCUT2D eigenvalue weighted by Gasteiger charge is 2.23. The Morgan fingerprint density at radius 1 is 0.971 bits per heavy atom. The SMILES string of the molecule is O=C1CCN(Cc2ccccc2)C/C1=C\c1cn(C(=O)c2ccc([N+](=O)[O-])cc2)c2ccccc12. The van der Waals surface area contributed by atoms with Crippen LogP contribution in [0.25, 0.3) is 17.0 Å². The Bertz CT molecular complexity index is 1450. The van der Waals surface area contributed by atoms with Gasteiger partial charge in [-0.25, -0.2) is 0 Å². The molecule has 7 heteroatoms. The molecule has 4 aromatic rings. The number of hydrogen-bond donors (Lipinski definition) is 0. The van der Waals surface area contributed by atoms with Crippen LogP contribution in [0.4, 0.5) is 5.69 Å². The fourth-order valence-corrected chi connectivity index (χ4v) is 4.47. The summed E-state index contributed by atoms with van der Waals surface area (Å²) in [4.78, 5) is 38.7. The maximum atomic E-state index is 13.3. The number of nitro benzene ring substituents is 1. The zero-order chi connectivity index (χ0) is 24.4. The van der Waals surface area contributed by atoms with Gasteiger partial charge in [0.15, 0.2) is 5.78 Å². The minimum atomic E-state index is -0.494. The van der Waals surface area contributed by atoms with Crippen molar-refractivity contribution in [3.63, 3.8) is 0 Å². The number of rotatable bonds is 5. The van der Waals surface area contributed by atoms with E-state index in [-0.39, 0.29) is 17.4 Å². The van der Waals surface area contributed by atoms with Crippen LogP contribution >= 0.6 is 0 Å². The molecule has 0 unspecified atom stereocenters. The average molecular weight is 466 g/mol. The molecule has 35 heavy (non-hydrogen) atoms. The fourth-order valence-electron chi connectivity index (χ4n) is 4.47. The highest BCUT2D eigenvalue weighted by Crippen LogP contribution is 2.27. The topological polar surface area (TPSA) is 85.5 Å². The lowest BCUT2D eigenvalue weighted by atomic mass is 9.99. The van der Waals surface area contributed by atoms with Crippen LogP contribution in [0.3, 0.4) is 0 Å². The molecule has 3 aromatic carbocycles. The number of nitrogens with zero attached hydrogens (tertiary/aromatic N) is 3. The molecular weight excluding hydrogens is 442 g/mol. The molecule has 0 N–H and O–H groups in total. The van der Waals surface area contributed by atoms with E-state index in [0.29, 0.717) is 30.6 Å². The van der Waals surface area contributed by atoms with E-state index in [1.807, 2.05) is 48.5 Å². The van der Waals surface area contributed by atoms with Crippen molar-refractivity contribution in [1.82, 2.24) is 9.47 Å². The maximum Gasteiger partial charge on any atom is 0.269 e.